The molecule has 2 N–H and O–H groups in total. The summed E-state index contributed by atoms with van der Waals surface area (Å²) in [4.78, 5) is 14.0. The van der Waals surface area contributed by atoms with Crippen LogP contribution in [0.3, 0.4) is 0 Å². The van der Waals surface area contributed by atoms with Crippen molar-refractivity contribution in [3.63, 3.8) is 0 Å². The van der Waals surface area contributed by atoms with Gasteiger partial charge in [0, 0.05) is 39.4 Å². The van der Waals surface area contributed by atoms with Crippen LogP contribution in [0.1, 0.15) is 50.0 Å². The summed E-state index contributed by atoms with van der Waals surface area (Å²) in [5.41, 5.74) is 1.15. The van der Waals surface area contributed by atoms with Gasteiger partial charge in [0.1, 0.15) is 11.6 Å². The summed E-state index contributed by atoms with van der Waals surface area (Å²) in [6, 6.07) is 8.56. The zero-order valence-electron chi connectivity index (χ0n) is 19.3. The van der Waals surface area contributed by atoms with Gasteiger partial charge in [0.05, 0.1) is 12.3 Å². The average molecular weight is 553 g/mol. The van der Waals surface area contributed by atoms with Gasteiger partial charge >= 0.3 is 0 Å². The van der Waals surface area contributed by atoms with Crippen molar-refractivity contribution in [3.05, 3.63) is 48.0 Å². The Kier molecular flexibility index (Phi) is 9.65. The fourth-order valence-electron chi connectivity index (χ4n) is 4.49. The Hall–Kier alpha value is -1.81. The molecule has 1 unspecified atom stereocenters. The highest BCUT2D eigenvalue weighted by Gasteiger charge is 2.25. The van der Waals surface area contributed by atoms with Crippen LogP contribution in [-0.2, 0) is 6.54 Å². The van der Waals surface area contributed by atoms with Crippen LogP contribution in [0.2, 0.25) is 0 Å². The molecule has 2 aromatic rings. The quantitative estimate of drug-likeness (QED) is 0.307. The first-order chi connectivity index (χ1) is 15.2. The Labute approximate surface area is 209 Å². The molecule has 0 aromatic carbocycles. The monoisotopic (exact) mass is 552 g/mol. The van der Waals surface area contributed by atoms with Crippen molar-refractivity contribution in [1.82, 2.24) is 20.5 Å². The predicted octanol–water partition coefficient (Wildman–Crippen LogP) is 4.03. The summed E-state index contributed by atoms with van der Waals surface area (Å²) in [7, 11) is 1.81. The lowest BCUT2D eigenvalue weighted by atomic mass is 9.99. The number of nitrogens with one attached hydrogen (secondary N) is 2. The van der Waals surface area contributed by atoms with Crippen LogP contribution in [0.15, 0.2) is 46.1 Å². The SMILES string of the molecule is CN=C(NCc1ccc(N2CCC(C)CC2)nc1)NCC(c1ccco1)N1CCCC1.I. The summed E-state index contributed by atoms with van der Waals surface area (Å²) in [6.07, 6.45) is 8.75. The van der Waals surface area contributed by atoms with Gasteiger partial charge < -0.3 is 20.0 Å². The number of guanidine groups is 1. The molecule has 0 amide bonds. The van der Waals surface area contributed by atoms with E-state index in [1.165, 1.54) is 25.7 Å². The van der Waals surface area contributed by atoms with Crippen LogP contribution in [0, 0.1) is 5.92 Å². The Bertz CT molecular complexity index is 812. The molecule has 2 fully saturated rings. The number of rotatable bonds is 7. The maximum absolute atomic E-state index is 5.72. The van der Waals surface area contributed by atoms with Crippen molar-refractivity contribution in [1.29, 1.82) is 0 Å². The number of aromatic nitrogens is 1. The number of likely N-dealkylation sites (tertiary alicyclic amines) is 1. The van der Waals surface area contributed by atoms with Crippen molar-refractivity contribution < 1.29 is 4.42 Å². The molecular formula is C24H37IN6O. The first kappa shape index (κ1) is 24.8. The van der Waals surface area contributed by atoms with Gasteiger partial charge in [-0.05, 0) is 68.5 Å². The van der Waals surface area contributed by atoms with E-state index in [4.69, 9.17) is 9.40 Å². The molecule has 0 saturated carbocycles. The predicted molar refractivity (Wildman–Crippen MR) is 141 cm³/mol. The molecule has 0 bridgehead atoms. The molecule has 4 heterocycles. The second kappa shape index (κ2) is 12.4. The summed E-state index contributed by atoms with van der Waals surface area (Å²) in [5, 5.41) is 6.90. The van der Waals surface area contributed by atoms with E-state index in [0.717, 1.165) is 61.7 Å². The van der Waals surface area contributed by atoms with E-state index in [9.17, 15) is 0 Å². The first-order valence-corrected chi connectivity index (χ1v) is 11.6. The number of furan rings is 1. The van der Waals surface area contributed by atoms with Gasteiger partial charge in [0.25, 0.3) is 0 Å². The Morgan fingerprint density at radius 1 is 1.16 bits per heavy atom. The number of nitrogens with zero attached hydrogens (tertiary/aromatic N) is 4. The molecule has 1 atom stereocenters. The molecule has 4 rings (SSSR count). The Morgan fingerprint density at radius 2 is 1.94 bits per heavy atom. The van der Waals surface area contributed by atoms with Crippen molar-refractivity contribution in [2.45, 2.75) is 45.2 Å². The van der Waals surface area contributed by atoms with Crippen LogP contribution in [0.4, 0.5) is 5.82 Å². The van der Waals surface area contributed by atoms with E-state index in [2.05, 4.69) is 50.5 Å². The molecule has 176 valence electrons. The van der Waals surface area contributed by atoms with Gasteiger partial charge in [-0.15, -0.1) is 24.0 Å². The molecule has 2 saturated heterocycles. The molecule has 2 aliphatic rings. The highest BCUT2D eigenvalue weighted by Crippen LogP contribution is 2.25. The molecule has 2 aromatic heterocycles. The Balaban J connectivity index is 0.00000289. The second-order valence-corrected chi connectivity index (χ2v) is 8.78. The molecule has 0 aliphatic carbocycles. The number of hydrogen-bond donors (Lipinski definition) is 2. The van der Waals surface area contributed by atoms with Gasteiger partial charge in [-0.3, -0.25) is 9.89 Å². The summed E-state index contributed by atoms with van der Waals surface area (Å²) >= 11 is 0. The minimum absolute atomic E-state index is 0. The fourth-order valence-corrected chi connectivity index (χ4v) is 4.49. The number of aliphatic imine (C=N–C) groups is 1. The maximum atomic E-state index is 5.72. The van der Waals surface area contributed by atoms with Crippen molar-refractivity contribution in [3.8, 4) is 0 Å². The van der Waals surface area contributed by atoms with E-state index in [-0.39, 0.29) is 30.0 Å². The van der Waals surface area contributed by atoms with E-state index in [0.29, 0.717) is 6.54 Å². The molecule has 2 aliphatic heterocycles. The molecule has 0 spiro atoms. The molecule has 8 heteroatoms. The fraction of sp³-hybridized carbons (Fsp3) is 0.583. The van der Waals surface area contributed by atoms with Gasteiger partial charge in [-0.1, -0.05) is 13.0 Å². The third-order valence-corrected chi connectivity index (χ3v) is 6.52. The minimum atomic E-state index is 0. The molecule has 0 radical (unpaired) electrons. The van der Waals surface area contributed by atoms with Crippen LogP contribution in [0.25, 0.3) is 0 Å². The van der Waals surface area contributed by atoms with Gasteiger partial charge in [0.2, 0.25) is 0 Å². The summed E-state index contributed by atoms with van der Waals surface area (Å²) in [6.45, 7) is 8.24. The lowest BCUT2D eigenvalue weighted by molar-refractivity contribution is 0.215. The highest BCUT2D eigenvalue weighted by molar-refractivity contribution is 14.0. The minimum Gasteiger partial charge on any atom is -0.468 e. The highest BCUT2D eigenvalue weighted by atomic mass is 127. The maximum Gasteiger partial charge on any atom is 0.191 e. The van der Waals surface area contributed by atoms with E-state index in [1.54, 1.807) is 6.26 Å². The zero-order valence-corrected chi connectivity index (χ0v) is 21.6. The van der Waals surface area contributed by atoms with Gasteiger partial charge in [0.15, 0.2) is 5.96 Å². The molecule has 32 heavy (non-hydrogen) atoms. The van der Waals surface area contributed by atoms with E-state index < -0.39 is 0 Å². The van der Waals surface area contributed by atoms with Crippen molar-refractivity contribution in [2.75, 3.05) is 44.7 Å². The third-order valence-electron chi connectivity index (χ3n) is 6.52. The topological polar surface area (TPSA) is 68.9 Å². The van der Waals surface area contributed by atoms with Crippen LogP contribution in [-0.4, -0.2) is 55.6 Å². The van der Waals surface area contributed by atoms with Crippen LogP contribution in [0.5, 0.6) is 0 Å². The third kappa shape index (κ3) is 6.60. The van der Waals surface area contributed by atoms with Crippen molar-refractivity contribution >= 4 is 35.8 Å². The number of hydrogen-bond acceptors (Lipinski definition) is 5. The largest absolute Gasteiger partial charge is 0.468 e. The summed E-state index contributed by atoms with van der Waals surface area (Å²) in [5.74, 6) is 3.73. The second-order valence-electron chi connectivity index (χ2n) is 8.78. The molecule has 7 nitrogen and oxygen atoms in total. The van der Waals surface area contributed by atoms with Crippen LogP contribution < -0.4 is 15.5 Å². The van der Waals surface area contributed by atoms with Gasteiger partial charge in [-0.25, -0.2) is 4.98 Å². The van der Waals surface area contributed by atoms with E-state index >= 15 is 0 Å². The number of pyridine rings is 1. The number of anilines is 1. The van der Waals surface area contributed by atoms with Crippen LogP contribution >= 0.6 is 24.0 Å². The first-order valence-electron chi connectivity index (χ1n) is 11.6. The Morgan fingerprint density at radius 3 is 2.56 bits per heavy atom. The number of piperidine rings is 1. The smallest absolute Gasteiger partial charge is 0.191 e. The molecular weight excluding hydrogens is 515 g/mol. The number of halogens is 1. The van der Waals surface area contributed by atoms with Crippen molar-refractivity contribution in [2.24, 2.45) is 10.9 Å². The standard InChI is InChI=1S/C24H36N6O.HI/c1-19-9-13-30(14-10-19)23-8-7-20(16-26-23)17-27-24(25-2)28-18-21(22-6-5-15-31-22)29-11-3-4-12-29;/h5-8,15-16,19,21H,3-4,9-14,17-18H2,1-2H3,(H2,25,27,28);1H. The normalized spacial score (nSPS) is 18.9. The summed E-state index contributed by atoms with van der Waals surface area (Å²) < 4.78 is 5.72. The lowest BCUT2D eigenvalue weighted by Crippen LogP contribution is -2.42. The van der Waals surface area contributed by atoms with Gasteiger partial charge in [-0.2, -0.15) is 0 Å². The lowest BCUT2D eigenvalue weighted by Gasteiger charge is -2.31. The zero-order chi connectivity index (χ0) is 21.5. The average Bonchev–Trinajstić information content (AvgIpc) is 3.52. The van der Waals surface area contributed by atoms with E-state index in [1.807, 2.05) is 19.3 Å².